The zero-order valence-corrected chi connectivity index (χ0v) is 16.9. The van der Waals surface area contributed by atoms with Crippen LogP contribution < -0.4 is 10.6 Å². The molecule has 0 unspecified atom stereocenters. The van der Waals surface area contributed by atoms with Crippen molar-refractivity contribution in [1.82, 2.24) is 0 Å². The predicted octanol–water partition coefficient (Wildman–Crippen LogP) is 4.52. The lowest BCUT2D eigenvalue weighted by molar-refractivity contribution is -0.0666. The molecule has 2 aromatic carbocycles. The molecule has 0 saturated heterocycles. The molecule has 2 rings (SSSR count). The van der Waals surface area contributed by atoms with Crippen molar-refractivity contribution in [1.29, 1.82) is 0 Å². The molecule has 0 amide bonds. The lowest BCUT2D eigenvalue weighted by Gasteiger charge is -2.30. The summed E-state index contributed by atoms with van der Waals surface area (Å²) in [7, 11) is -2.87. The van der Waals surface area contributed by atoms with Crippen LogP contribution in [0.5, 0.6) is 0 Å². The Hall–Kier alpha value is -2.01. The maximum Gasteiger partial charge on any atom is 0.361 e. The number of hydrogen-bond donors (Lipinski definition) is 0. The van der Waals surface area contributed by atoms with Gasteiger partial charge in [-0.2, -0.15) is 8.78 Å². The minimum atomic E-state index is -4.38. The van der Waals surface area contributed by atoms with E-state index in [4.69, 9.17) is 14.2 Å². The monoisotopic (exact) mass is 410 g/mol. The predicted molar refractivity (Wildman–Crippen MR) is 107 cm³/mol. The minimum absolute atomic E-state index is 0.0668. The summed E-state index contributed by atoms with van der Waals surface area (Å²) < 4.78 is 60.7. The number of alkyl halides is 2. The largest absolute Gasteiger partial charge is 0.465 e. The summed E-state index contributed by atoms with van der Waals surface area (Å²) in [6.45, 7) is 1.85. The quantitative estimate of drug-likeness (QED) is 0.236. The Bertz CT molecular complexity index is 751. The number of methoxy groups -OCH3 is 1. The summed E-state index contributed by atoms with van der Waals surface area (Å²) in [6.07, 6.45) is 1.55. The highest BCUT2D eigenvalue weighted by Crippen LogP contribution is 2.61. The molecule has 0 N–H and O–H groups in total. The third kappa shape index (κ3) is 4.88. The van der Waals surface area contributed by atoms with Gasteiger partial charge < -0.3 is 18.8 Å². The topological polar surface area (TPSA) is 44.8 Å². The molecule has 0 aliphatic rings. The van der Waals surface area contributed by atoms with Crippen LogP contribution in [0.1, 0.15) is 13.3 Å². The van der Waals surface area contributed by atoms with Crippen LogP contribution in [0, 0.1) is 0 Å². The van der Waals surface area contributed by atoms with Gasteiger partial charge in [0.05, 0.1) is 13.2 Å². The first-order chi connectivity index (χ1) is 13.5. The fourth-order valence-corrected chi connectivity index (χ4v) is 5.26. The molecule has 0 atom stereocenters. The highest BCUT2D eigenvalue weighted by Gasteiger charge is 2.56. The first kappa shape index (κ1) is 22.3. The normalized spacial score (nSPS) is 12.8. The average Bonchev–Trinajstić information content (AvgIpc) is 2.73. The minimum Gasteiger partial charge on any atom is -0.465 e. The zero-order chi connectivity index (χ0) is 20.5. The molecule has 0 aliphatic heterocycles. The number of allylic oxidation sites excluding steroid dienone is 2. The van der Waals surface area contributed by atoms with Gasteiger partial charge in [0, 0.05) is 17.7 Å². The average molecular weight is 410 g/mol. The lowest BCUT2D eigenvalue weighted by atomic mass is 10.3. The van der Waals surface area contributed by atoms with E-state index in [1.165, 1.54) is 37.5 Å². The number of hydrogen-bond acceptors (Lipinski definition) is 4. The van der Waals surface area contributed by atoms with Gasteiger partial charge in [0.2, 0.25) is 7.14 Å². The second-order valence-corrected chi connectivity index (χ2v) is 8.77. The van der Waals surface area contributed by atoms with Crippen molar-refractivity contribution in [3.8, 4) is 0 Å². The fraction of sp³-hybridized carbons (Fsp3) is 0.333. The maximum atomic E-state index is 15.7. The van der Waals surface area contributed by atoms with Crippen LogP contribution in [0.2, 0.25) is 0 Å². The van der Waals surface area contributed by atoms with Crippen LogP contribution >= 0.6 is 7.14 Å². The molecule has 0 bridgehead atoms. The lowest BCUT2D eigenvalue weighted by Crippen LogP contribution is -2.34. The highest BCUT2D eigenvalue weighted by molar-refractivity contribution is 7.79. The highest BCUT2D eigenvalue weighted by atomic mass is 31.2. The molecule has 7 heteroatoms. The van der Waals surface area contributed by atoms with Crippen molar-refractivity contribution in [3.63, 3.8) is 0 Å². The van der Waals surface area contributed by atoms with Crippen LogP contribution in [0.3, 0.4) is 0 Å². The number of ether oxygens (including phenoxy) is 3. The van der Waals surface area contributed by atoms with E-state index < -0.39 is 18.6 Å². The fourth-order valence-electron chi connectivity index (χ4n) is 2.66. The van der Waals surface area contributed by atoms with E-state index in [0.29, 0.717) is 13.0 Å². The van der Waals surface area contributed by atoms with Crippen molar-refractivity contribution in [2.45, 2.75) is 19.0 Å². The van der Waals surface area contributed by atoms with E-state index in [0.717, 1.165) is 0 Å². The van der Waals surface area contributed by atoms with Crippen molar-refractivity contribution in [2.75, 3.05) is 27.1 Å². The molecule has 28 heavy (non-hydrogen) atoms. The third-order valence-corrected chi connectivity index (χ3v) is 7.11. The van der Waals surface area contributed by atoms with Gasteiger partial charge in [-0.05, 0) is 12.5 Å². The third-order valence-electron chi connectivity index (χ3n) is 4.05. The molecule has 0 aliphatic carbocycles. The summed E-state index contributed by atoms with van der Waals surface area (Å²) >= 11 is 0. The first-order valence-electron chi connectivity index (χ1n) is 8.97. The standard InChI is InChI=1S/C21H25F2O4P/c1-3-10-20(27-17-26-16-15-25-2)21(22,23)28(24,18-11-6-4-7-12-18)19-13-8-5-9-14-19/h4-14H,3,15-17H2,1-2H3/b20-10-. The van der Waals surface area contributed by atoms with Gasteiger partial charge in [0.15, 0.2) is 12.6 Å². The SMILES string of the molecule is CC/C=C(\OCOCCOC)C(F)(F)P(=O)(c1ccccc1)c1ccccc1. The van der Waals surface area contributed by atoms with Gasteiger partial charge >= 0.3 is 5.66 Å². The molecule has 0 heterocycles. The second kappa shape index (κ2) is 10.5. The molecule has 0 saturated carbocycles. The van der Waals surface area contributed by atoms with E-state index in [-0.39, 0.29) is 24.0 Å². The summed E-state index contributed by atoms with van der Waals surface area (Å²) in [6, 6.07) is 15.6. The summed E-state index contributed by atoms with van der Waals surface area (Å²) in [4.78, 5) is 0. The summed E-state index contributed by atoms with van der Waals surface area (Å²) in [5, 5.41) is 0.134. The zero-order valence-electron chi connectivity index (χ0n) is 16.0. The Labute approximate surface area is 164 Å². The van der Waals surface area contributed by atoms with Crippen LogP contribution in [-0.4, -0.2) is 32.8 Å². The van der Waals surface area contributed by atoms with Crippen LogP contribution in [0.25, 0.3) is 0 Å². The molecule has 0 fully saturated rings. The summed E-state index contributed by atoms with van der Waals surface area (Å²) in [5.74, 6) is -0.650. The van der Waals surface area contributed by atoms with E-state index in [1.807, 2.05) is 0 Å². The van der Waals surface area contributed by atoms with Crippen molar-refractivity contribution in [2.24, 2.45) is 0 Å². The van der Waals surface area contributed by atoms with Gasteiger partial charge in [-0.15, -0.1) is 0 Å². The molecule has 2 aromatic rings. The molecule has 4 nitrogen and oxygen atoms in total. The van der Waals surface area contributed by atoms with E-state index >= 15 is 8.78 Å². The molecule has 0 spiro atoms. The van der Waals surface area contributed by atoms with Crippen LogP contribution in [0.15, 0.2) is 72.5 Å². The smallest absolute Gasteiger partial charge is 0.361 e. The van der Waals surface area contributed by atoms with Crippen LogP contribution in [0.4, 0.5) is 8.78 Å². The number of rotatable bonds is 11. The first-order valence-corrected chi connectivity index (χ1v) is 10.7. The van der Waals surface area contributed by atoms with Gasteiger partial charge in [0.25, 0.3) is 0 Å². The van der Waals surface area contributed by atoms with Crippen molar-refractivity contribution in [3.05, 3.63) is 72.5 Å². The van der Waals surface area contributed by atoms with Crippen LogP contribution in [-0.2, 0) is 18.8 Å². The molecule has 152 valence electrons. The number of halogens is 2. The van der Waals surface area contributed by atoms with Gasteiger partial charge in [-0.1, -0.05) is 67.6 Å². The Morgan fingerprint density at radius 1 is 1.00 bits per heavy atom. The van der Waals surface area contributed by atoms with Gasteiger partial charge in [0.1, 0.15) is 0 Å². The molecular formula is C21H25F2O4P. The molecule has 0 aromatic heterocycles. The Morgan fingerprint density at radius 3 is 2.00 bits per heavy atom. The number of benzene rings is 2. The van der Waals surface area contributed by atoms with Crippen molar-refractivity contribution < 1.29 is 27.6 Å². The van der Waals surface area contributed by atoms with E-state index in [1.54, 1.807) is 43.3 Å². The van der Waals surface area contributed by atoms with Crippen molar-refractivity contribution >= 4 is 17.8 Å². The Morgan fingerprint density at radius 2 is 1.54 bits per heavy atom. The van der Waals surface area contributed by atoms with E-state index in [9.17, 15) is 4.57 Å². The summed E-state index contributed by atoms with van der Waals surface area (Å²) in [5.41, 5.74) is -3.74. The molecule has 0 radical (unpaired) electrons. The Kier molecular flexibility index (Phi) is 8.36. The van der Waals surface area contributed by atoms with Gasteiger partial charge in [-0.25, -0.2) is 0 Å². The maximum absolute atomic E-state index is 15.7. The van der Waals surface area contributed by atoms with Gasteiger partial charge in [-0.3, -0.25) is 0 Å². The van der Waals surface area contributed by atoms with E-state index in [2.05, 4.69) is 0 Å². The Balaban J connectivity index is 2.44. The second-order valence-electron chi connectivity index (χ2n) is 5.96. The molecular weight excluding hydrogens is 385 g/mol.